The number of aliphatic hydroxyl groups is 1. The lowest BCUT2D eigenvalue weighted by Crippen LogP contribution is -2.47. The highest BCUT2D eigenvalue weighted by atomic mass is 16.5. The zero-order valence-corrected chi connectivity index (χ0v) is 24.0. The Balaban J connectivity index is 1.23. The molecule has 0 heterocycles. The Morgan fingerprint density at radius 2 is 1.69 bits per heavy atom. The molecule has 0 saturated heterocycles. The monoisotopic (exact) mass is 528 g/mol. The van der Waals surface area contributed by atoms with Gasteiger partial charge in [0.25, 0.3) is 0 Å². The third kappa shape index (κ3) is 8.76. The number of rotatable bonds is 13. The highest BCUT2D eigenvalue weighted by molar-refractivity contribution is 5.73. The van der Waals surface area contributed by atoms with Gasteiger partial charge in [0.2, 0.25) is 0 Å². The number of hydrogen-bond donors (Lipinski definition) is 2. The van der Waals surface area contributed by atoms with Crippen molar-refractivity contribution >= 4 is 5.97 Å². The number of aliphatic hydroxyl groups excluding tert-OH is 1. The highest BCUT2D eigenvalue weighted by Crippen LogP contribution is 2.32. The fourth-order valence-electron chi connectivity index (χ4n) is 5.83. The van der Waals surface area contributed by atoms with Gasteiger partial charge in [0, 0.05) is 25.2 Å². The summed E-state index contributed by atoms with van der Waals surface area (Å²) >= 11 is 0. The summed E-state index contributed by atoms with van der Waals surface area (Å²) in [5.41, 5.74) is 7.38. The number of benzene rings is 3. The van der Waals surface area contributed by atoms with Crippen LogP contribution in [0.4, 0.5) is 0 Å². The first-order chi connectivity index (χ1) is 18.7. The lowest BCUT2D eigenvalue weighted by Gasteiger charge is -2.31. The molecule has 0 radical (unpaired) electrons. The minimum absolute atomic E-state index is 0.0214. The van der Waals surface area contributed by atoms with Gasteiger partial charge in [-0.2, -0.15) is 0 Å². The fourth-order valence-corrected chi connectivity index (χ4v) is 5.83. The van der Waals surface area contributed by atoms with Crippen LogP contribution in [-0.4, -0.2) is 54.4 Å². The highest BCUT2D eigenvalue weighted by Gasteiger charge is 2.28. The van der Waals surface area contributed by atoms with Crippen LogP contribution in [0.25, 0.3) is 11.1 Å². The van der Waals surface area contributed by atoms with Crippen molar-refractivity contribution in [3.05, 3.63) is 95.1 Å². The van der Waals surface area contributed by atoms with E-state index in [1.807, 2.05) is 19.1 Å². The lowest BCUT2D eigenvalue weighted by atomic mass is 9.88. The summed E-state index contributed by atoms with van der Waals surface area (Å²) in [5.74, 6) is 0.460. The summed E-state index contributed by atoms with van der Waals surface area (Å²) in [6.07, 6.45) is 3.26. The third-order valence-electron chi connectivity index (χ3n) is 7.59. The molecule has 0 spiro atoms. The van der Waals surface area contributed by atoms with Crippen molar-refractivity contribution in [3.8, 4) is 11.1 Å². The second-order valence-corrected chi connectivity index (χ2v) is 11.7. The van der Waals surface area contributed by atoms with Crippen molar-refractivity contribution in [3.63, 3.8) is 0 Å². The number of ether oxygens (including phenoxy) is 1. The first-order valence-corrected chi connectivity index (χ1v) is 14.2. The van der Waals surface area contributed by atoms with Gasteiger partial charge in [0.05, 0.1) is 19.1 Å². The van der Waals surface area contributed by atoms with E-state index in [0.717, 1.165) is 42.5 Å². The first-order valence-electron chi connectivity index (χ1n) is 14.2. The van der Waals surface area contributed by atoms with E-state index in [1.54, 1.807) is 0 Å². The van der Waals surface area contributed by atoms with Gasteiger partial charge < -0.3 is 15.2 Å². The topological polar surface area (TPSA) is 61.8 Å². The molecule has 39 heavy (non-hydrogen) atoms. The summed E-state index contributed by atoms with van der Waals surface area (Å²) in [6, 6.07) is 25.4. The summed E-state index contributed by atoms with van der Waals surface area (Å²) in [7, 11) is 2.06. The van der Waals surface area contributed by atoms with Crippen LogP contribution in [0, 0.1) is 5.92 Å². The number of β-amino-alcohol motifs (C(OH)–C–C–N with tert-alkyl or cyclic N) is 1. The van der Waals surface area contributed by atoms with Crippen molar-refractivity contribution in [2.75, 3.05) is 26.7 Å². The Morgan fingerprint density at radius 3 is 2.36 bits per heavy atom. The van der Waals surface area contributed by atoms with E-state index in [1.165, 1.54) is 16.7 Å². The Hall–Kier alpha value is -2.99. The number of hydrogen-bond acceptors (Lipinski definition) is 5. The summed E-state index contributed by atoms with van der Waals surface area (Å²) < 4.78 is 5.04. The molecule has 5 nitrogen and oxygen atoms in total. The van der Waals surface area contributed by atoms with Crippen molar-refractivity contribution in [1.82, 2.24) is 10.2 Å². The predicted molar refractivity (Wildman–Crippen MR) is 159 cm³/mol. The van der Waals surface area contributed by atoms with E-state index in [-0.39, 0.29) is 11.5 Å². The maximum atomic E-state index is 11.7. The first kappa shape index (κ1) is 29.0. The number of carbonyl (C=O) groups excluding carboxylic acids is 1. The molecule has 0 amide bonds. The second-order valence-electron chi connectivity index (χ2n) is 11.7. The molecular weight excluding hydrogens is 484 g/mol. The smallest absolute Gasteiger partial charge is 0.310 e. The van der Waals surface area contributed by atoms with Crippen molar-refractivity contribution in [2.24, 2.45) is 5.92 Å². The maximum Gasteiger partial charge on any atom is 0.310 e. The van der Waals surface area contributed by atoms with Crippen LogP contribution in [0.3, 0.4) is 0 Å². The van der Waals surface area contributed by atoms with Crippen LogP contribution >= 0.6 is 0 Å². The van der Waals surface area contributed by atoms with Crippen LogP contribution in [0.5, 0.6) is 0 Å². The maximum absolute atomic E-state index is 11.7. The van der Waals surface area contributed by atoms with Crippen LogP contribution in [0.2, 0.25) is 0 Å². The molecule has 0 aliphatic heterocycles. The Bertz CT molecular complexity index is 1200. The number of fused-ring (bicyclic) bond motifs is 1. The van der Waals surface area contributed by atoms with Gasteiger partial charge in [-0.3, -0.25) is 9.69 Å². The van der Waals surface area contributed by atoms with E-state index in [9.17, 15) is 9.90 Å². The quantitative estimate of drug-likeness (QED) is 0.290. The Labute approximate surface area is 234 Å². The lowest BCUT2D eigenvalue weighted by molar-refractivity contribution is -0.142. The molecule has 0 aromatic heterocycles. The molecule has 1 atom stereocenters. The average molecular weight is 529 g/mol. The van der Waals surface area contributed by atoms with Crippen LogP contribution in [0.15, 0.2) is 72.8 Å². The molecule has 0 unspecified atom stereocenters. The van der Waals surface area contributed by atoms with E-state index < -0.39 is 6.10 Å². The largest absolute Gasteiger partial charge is 0.466 e. The number of carbonyl (C=O) groups is 1. The molecule has 2 N–H and O–H groups in total. The van der Waals surface area contributed by atoms with Crippen molar-refractivity contribution in [2.45, 2.75) is 64.6 Å². The molecule has 0 fully saturated rings. The van der Waals surface area contributed by atoms with E-state index in [2.05, 4.69) is 91.8 Å². The number of esters is 1. The Kier molecular flexibility index (Phi) is 9.95. The van der Waals surface area contributed by atoms with E-state index >= 15 is 0 Å². The number of nitrogens with zero attached hydrogens (tertiary/aromatic N) is 1. The zero-order valence-electron chi connectivity index (χ0n) is 24.0. The van der Waals surface area contributed by atoms with Crippen LogP contribution in [0.1, 0.15) is 49.4 Å². The van der Waals surface area contributed by atoms with Gasteiger partial charge >= 0.3 is 5.97 Å². The molecule has 208 valence electrons. The van der Waals surface area contributed by atoms with Gasteiger partial charge in [-0.25, -0.2) is 0 Å². The van der Waals surface area contributed by atoms with Crippen molar-refractivity contribution in [1.29, 1.82) is 0 Å². The van der Waals surface area contributed by atoms with Crippen molar-refractivity contribution < 1.29 is 14.6 Å². The molecule has 4 rings (SSSR count). The average Bonchev–Trinajstić information content (AvgIpc) is 3.30. The molecule has 0 bridgehead atoms. The summed E-state index contributed by atoms with van der Waals surface area (Å²) in [5, 5.41) is 14.4. The molecule has 1 aliphatic carbocycles. The van der Waals surface area contributed by atoms with Gasteiger partial charge in [-0.05, 0) is 92.4 Å². The minimum Gasteiger partial charge on any atom is -0.466 e. The molecule has 5 heteroatoms. The molecule has 0 saturated carbocycles. The van der Waals surface area contributed by atoms with Gasteiger partial charge in [0.15, 0.2) is 0 Å². The molecular formula is C34H44N2O3. The summed E-state index contributed by atoms with van der Waals surface area (Å²) in [6.45, 7) is 8.67. The van der Waals surface area contributed by atoms with Crippen LogP contribution < -0.4 is 5.32 Å². The predicted octanol–water partition coefficient (Wildman–Crippen LogP) is 5.43. The van der Waals surface area contributed by atoms with Gasteiger partial charge in [-0.1, -0.05) is 66.7 Å². The van der Waals surface area contributed by atoms with E-state index in [0.29, 0.717) is 32.0 Å². The second kappa shape index (κ2) is 13.4. The zero-order chi connectivity index (χ0) is 27.8. The fraction of sp³-hybridized carbons (Fsp3) is 0.441. The molecule has 3 aromatic carbocycles. The summed E-state index contributed by atoms with van der Waals surface area (Å²) in [4.78, 5) is 13.9. The van der Waals surface area contributed by atoms with Crippen LogP contribution in [-0.2, 0) is 35.3 Å². The third-order valence-corrected chi connectivity index (χ3v) is 7.59. The van der Waals surface area contributed by atoms with E-state index in [4.69, 9.17) is 4.74 Å². The number of nitrogens with one attached hydrogen (secondary N) is 1. The van der Waals surface area contributed by atoms with Gasteiger partial charge in [-0.15, -0.1) is 0 Å². The van der Waals surface area contributed by atoms with Gasteiger partial charge in [0.1, 0.15) is 0 Å². The number of likely N-dealkylation sites (N-methyl/N-ethyl adjacent to an activating group) is 1. The minimum atomic E-state index is -0.440. The SMILES string of the molecule is CCOC(=O)Cc1ccc(-c2cccc(CN(C)C[C@H](O)CNC(C)(C)CC3Cc4ccccc4C3)c2)cc1. The Morgan fingerprint density at radius 1 is 1.00 bits per heavy atom. The molecule has 1 aliphatic rings. The normalized spacial score (nSPS) is 14.4. The molecule has 3 aromatic rings. The standard InChI is InChI=1S/C34H44N2O3/c1-5-39-33(38)20-25-13-15-28(16-14-25)29-12-8-9-26(17-29)23-36(4)24-32(37)22-35-34(2,3)21-27-18-30-10-6-7-11-31(30)19-27/h6-17,27,32,35,37H,5,18-24H2,1-4H3/t32-/m1/s1.